The Labute approximate surface area is 116 Å². The molecule has 18 heavy (non-hydrogen) atoms. The molecule has 104 valence electrons. The maximum atomic E-state index is 12.6. The average molecular weight is 302 g/mol. The first-order valence-electron chi connectivity index (χ1n) is 5.15. The van der Waals surface area contributed by atoms with Gasteiger partial charge in [0.1, 0.15) is 0 Å². The van der Waals surface area contributed by atoms with E-state index in [1.165, 1.54) is 6.07 Å². The summed E-state index contributed by atoms with van der Waals surface area (Å²) in [4.78, 5) is 0. The van der Waals surface area contributed by atoms with Crippen LogP contribution in [0.15, 0.2) is 18.2 Å². The molecule has 0 amide bonds. The largest absolute Gasteiger partial charge is 0.416 e. The summed E-state index contributed by atoms with van der Waals surface area (Å²) in [5, 5.41) is 0.0505. The lowest BCUT2D eigenvalue weighted by Gasteiger charge is -2.28. The second-order valence-electron chi connectivity index (χ2n) is 5.11. The Morgan fingerprint density at radius 2 is 1.61 bits per heavy atom. The summed E-state index contributed by atoms with van der Waals surface area (Å²) in [6.07, 6.45) is -4.41. The highest BCUT2D eigenvalue weighted by atomic mass is 35.5. The minimum absolute atomic E-state index is 0. The topological polar surface area (TPSA) is 26.0 Å². The zero-order valence-electron chi connectivity index (χ0n) is 10.3. The lowest BCUT2D eigenvalue weighted by molar-refractivity contribution is -0.137. The molecule has 0 saturated heterocycles. The van der Waals surface area contributed by atoms with E-state index in [2.05, 4.69) is 0 Å². The first-order chi connectivity index (χ1) is 7.51. The van der Waals surface area contributed by atoms with Crippen molar-refractivity contribution in [3.8, 4) is 0 Å². The van der Waals surface area contributed by atoms with Crippen molar-refractivity contribution < 1.29 is 13.2 Å². The summed E-state index contributed by atoms with van der Waals surface area (Å²) in [5.74, 6) is 0. The molecule has 0 heterocycles. The normalized spacial score (nSPS) is 14.0. The first-order valence-corrected chi connectivity index (χ1v) is 5.53. The minimum atomic E-state index is -4.41. The van der Waals surface area contributed by atoms with Crippen molar-refractivity contribution in [1.29, 1.82) is 0 Å². The Hall–Kier alpha value is -0.450. The predicted molar refractivity (Wildman–Crippen MR) is 70.1 cm³/mol. The van der Waals surface area contributed by atoms with Gasteiger partial charge < -0.3 is 5.73 Å². The summed E-state index contributed by atoms with van der Waals surface area (Å²) < 4.78 is 37.8. The lowest BCUT2D eigenvalue weighted by atomic mass is 9.82. The third-order valence-corrected chi connectivity index (χ3v) is 2.76. The van der Waals surface area contributed by atoms with Gasteiger partial charge in [-0.1, -0.05) is 32.4 Å². The monoisotopic (exact) mass is 301 g/mol. The fraction of sp³-hybridized carbons (Fsp3) is 0.500. The molecule has 2 N–H and O–H groups in total. The molecule has 1 aromatic rings. The van der Waals surface area contributed by atoms with Gasteiger partial charge in [0.25, 0.3) is 0 Å². The Balaban J connectivity index is 0.00000289. The number of benzene rings is 1. The highest BCUT2D eigenvalue weighted by Gasteiger charge is 2.32. The van der Waals surface area contributed by atoms with E-state index in [1.54, 1.807) is 0 Å². The van der Waals surface area contributed by atoms with E-state index in [4.69, 9.17) is 17.3 Å². The third-order valence-electron chi connectivity index (χ3n) is 2.54. The summed E-state index contributed by atoms with van der Waals surface area (Å²) in [6, 6.07) is 2.94. The highest BCUT2D eigenvalue weighted by Crippen LogP contribution is 2.36. The van der Waals surface area contributed by atoms with Gasteiger partial charge in [0, 0.05) is 11.1 Å². The summed E-state index contributed by atoms with van der Waals surface area (Å²) in [6.45, 7) is 5.60. The van der Waals surface area contributed by atoms with Gasteiger partial charge in [0.15, 0.2) is 0 Å². The van der Waals surface area contributed by atoms with Crippen LogP contribution in [0.4, 0.5) is 13.2 Å². The maximum absolute atomic E-state index is 12.6. The zero-order chi connectivity index (χ0) is 13.4. The molecule has 0 fully saturated rings. The molecular formula is C12H16Cl2F3N. The molecule has 0 aromatic heterocycles. The van der Waals surface area contributed by atoms with Gasteiger partial charge in [0.05, 0.1) is 5.56 Å². The number of rotatable bonds is 1. The highest BCUT2D eigenvalue weighted by molar-refractivity contribution is 6.30. The Morgan fingerprint density at radius 1 is 1.11 bits per heavy atom. The van der Waals surface area contributed by atoms with Crippen molar-refractivity contribution in [3.05, 3.63) is 34.3 Å². The van der Waals surface area contributed by atoms with E-state index >= 15 is 0 Å². The molecule has 1 rings (SSSR count). The van der Waals surface area contributed by atoms with Gasteiger partial charge in [-0.3, -0.25) is 0 Å². The standard InChI is InChI=1S/C12H15ClF3N.ClH/c1-11(2,3)10(17)7-4-8(12(14,15)16)6-9(13)5-7;/h4-6,10H,17H2,1-3H3;1H/t10-;/m1./s1. The van der Waals surface area contributed by atoms with Crippen molar-refractivity contribution >= 4 is 24.0 Å². The van der Waals surface area contributed by atoms with Crippen molar-refractivity contribution in [2.45, 2.75) is 33.0 Å². The fourth-order valence-electron chi connectivity index (χ4n) is 1.46. The molecule has 0 aliphatic heterocycles. The van der Waals surface area contributed by atoms with E-state index in [0.29, 0.717) is 5.56 Å². The molecule has 1 nitrogen and oxygen atoms in total. The van der Waals surface area contributed by atoms with Gasteiger partial charge in [-0.05, 0) is 29.2 Å². The molecule has 1 aromatic carbocycles. The number of halogens is 5. The predicted octanol–water partition coefficient (Wildman–Crippen LogP) is 4.83. The van der Waals surface area contributed by atoms with Gasteiger partial charge in [-0.25, -0.2) is 0 Å². The van der Waals surface area contributed by atoms with Crippen LogP contribution < -0.4 is 5.73 Å². The first kappa shape index (κ1) is 17.6. The van der Waals surface area contributed by atoms with Crippen LogP contribution in [0, 0.1) is 5.41 Å². The van der Waals surface area contributed by atoms with Crippen LogP contribution in [0.1, 0.15) is 37.9 Å². The van der Waals surface area contributed by atoms with Crippen molar-refractivity contribution in [3.63, 3.8) is 0 Å². The van der Waals surface area contributed by atoms with E-state index in [-0.39, 0.29) is 22.8 Å². The number of alkyl halides is 3. The molecule has 0 aliphatic carbocycles. The molecule has 0 saturated carbocycles. The van der Waals surface area contributed by atoms with Crippen LogP contribution in [-0.2, 0) is 6.18 Å². The van der Waals surface area contributed by atoms with Crippen LogP contribution in [0.25, 0.3) is 0 Å². The van der Waals surface area contributed by atoms with Crippen molar-refractivity contribution in [2.75, 3.05) is 0 Å². The minimum Gasteiger partial charge on any atom is -0.324 e. The van der Waals surface area contributed by atoms with Gasteiger partial charge in [0.2, 0.25) is 0 Å². The molecule has 0 unspecified atom stereocenters. The van der Waals surface area contributed by atoms with Crippen molar-refractivity contribution in [2.24, 2.45) is 11.1 Å². The Bertz CT molecular complexity index is 411. The SMILES string of the molecule is CC(C)(C)[C@H](N)c1cc(Cl)cc(C(F)(F)F)c1.Cl. The van der Waals surface area contributed by atoms with E-state index in [1.807, 2.05) is 20.8 Å². The molecule has 0 aliphatic rings. The quantitative estimate of drug-likeness (QED) is 0.790. The molecule has 6 heteroatoms. The smallest absolute Gasteiger partial charge is 0.324 e. The second kappa shape index (κ2) is 5.68. The molecule has 0 radical (unpaired) electrons. The Morgan fingerprint density at radius 3 is 2.00 bits per heavy atom. The van der Waals surface area contributed by atoms with E-state index in [9.17, 15) is 13.2 Å². The summed E-state index contributed by atoms with van der Waals surface area (Å²) >= 11 is 5.69. The van der Waals surface area contributed by atoms with Crippen LogP contribution in [0.2, 0.25) is 5.02 Å². The number of hydrogen-bond acceptors (Lipinski definition) is 1. The number of hydrogen-bond donors (Lipinski definition) is 1. The number of nitrogens with two attached hydrogens (primary N) is 1. The molecule has 1 atom stereocenters. The zero-order valence-corrected chi connectivity index (χ0v) is 11.9. The lowest BCUT2D eigenvalue weighted by Crippen LogP contribution is -2.26. The van der Waals surface area contributed by atoms with Crippen LogP contribution in [0.5, 0.6) is 0 Å². The van der Waals surface area contributed by atoms with E-state index in [0.717, 1.165) is 12.1 Å². The van der Waals surface area contributed by atoms with Crippen LogP contribution >= 0.6 is 24.0 Å². The second-order valence-corrected chi connectivity index (χ2v) is 5.55. The van der Waals surface area contributed by atoms with Crippen LogP contribution in [0.3, 0.4) is 0 Å². The Kier molecular flexibility index (Phi) is 5.54. The van der Waals surface area contributed by atoms with Gasteiger partial charge in [-0.2, -0.15) is 13.2 Å². The summed E-state index contributed by atoms with van der Waals surface area (Å²) in [5.41, 5.74) is 5.24. The maximum Gasteiger partial charge on any atom is 0.416 e. The fourth-order valence-corrected chi connectivity index (χ4v) is 1.70. The third kappa shape index (κ3) is 4.34. The average Bonchev–Trinajstić information content (AvgIpc) is 2.12. The van der Waals surface area contributed by atoms with Gasteiger partial charge in [-0.15, -0.1) is 12.4 Å². The molecule has 0 spiro atoms. The van der Waals surface area contributed by atoms with Crippen molar-refractivity contribution in [1.82, 2.24) is 0 Å². The van der Waals surface area contributed by atoms with Gasteiger partial charge >= 0.3 is 6.18 Å². The molecule has 0 bridgehead atoms. The summed E-state index contributed by atoms with van der Waals surface area (Å²) in [7, 11) is 0. The van der Waals surface area contributed by atoms with E-state index < -0.39 is 17.8 Å². The van der Waals surface area contributed by atoms with Crippen LogP contribution in [-0.4, -0.2) is 0 Å². The molecular weight excluding hydrogens is 286 g/mol.